The van der Waals surface area contributed by atoms with Gasteiger partial charge in [0, 0.05) is 11.1 Å². The number of carbonyl (C=O) groups is 2. The Morgan fingerprint density at radius 2 is 0.921 bits per heavy atom. The van der Waals surface area contributed by atoms with E-state index in [1.807, 2.05) is 92.7 Å². The summed E-state index contributed by atoms with van der Waals surface area (Å²) in [5, 5.41) is 16.6. The number of hydrogen-bond acceptors (Lipinski definition) is 12. The maximum atomic E-state index is 11.5. The molecule has 0 saturated carbocycles. The topological polar surface area (TPSA) is 234 Å². The summed E-state index contributed by atoms with van der Waals surface area (Å²) in [6, 6.07) is 47.8. The highest BCUT2D eigenvalue weighted by Gasteiger charge is 2.09. The standard InChI is InChI=1S/C16H14N2O.C15H16N2O.C15H14O2.3CO2/c1-12-7-8-14(16-18-17-11-19-16)10-15(12)9-13-5-3-2-4-6-13;1-11-7-8-13(15(18)17-16)10-14(11)9-12-5-3-2-4-6-12;1-11-7-8-13(15(16)17)10-14(11)9-12-5-3-2-4-6-12;3*2-1-3/h2-8,10-11H,9H2,1H3;2-8,10H,9,16H2,1H3,(H,17,18);2-8,10H,9H2,1H3,(H,16,17);;;. The highest BCUT2D eigenvalue weighted by atomic mass is 16.4. The molecule has 0 atom stereocenters. The zero-order chi connectivity index (χ0) is 46.4. The van der Waals surface area contributed by atoms with Crippen LogP contribution in [0.15, 0.2) is 156 Å². The molecule has 6 aromatic carbocycles. The summed E-state index contributed by atoms with van der Waals surface area (Å²) in [6.45, 7) is 6.17. The van der Waals surface area contributed by atoms with Crippen molar-refractivity contribution in [1.29, 1.82) is 0 Å². The first-order chi connectivity index (χ1) is 30.4. The van der Waals surface area contributed by atoms with Gasteiger partial charge in [-0.15, -0.1) is 10.2 Å². The highest BCUT2D eigenvalue weighted by molar-refractivity contribution is 5.94. The third-order valence-corrected chi connectivity index (χ3v) is 9.01. The zero-order valence-electron chi connectivity index (χ0n) is 34.6. The third kappa shape index (κ3) is 18.5. The van der Waals surface area contributed by atoms with E-state index in [-0.39, 0.29) is 24.4 Å². The first kappa shape index (κ1) is 50.6. The first-order valence-electron chi connectivity index (χ1n) is 18.8. The summed E-state index contributed by atoms with van der Waals surface area (Å²) < 4.78 is 5.24. The van der Waals surface area contributed by atoms with Gasteiger partial charge in [0.05, 0.1) is 5.56 Å². The molecule has 0 fully saturated rings. The molecule has 4 N–H and O–H groups in total. The van der Waals surface area contributed by atoms with Crippen LogP contribution in [0.3, 0.4) is 0 Å². The predicted octanol–water partition coefficient (Wildman–Crippen LogP) is 7.36. The zero-order valence-corrected chi connectivity index (χ0v) is 34.6. The minimum atomic E-state index is -0.876. The van der Waals surface area contributed by atoms with E-state index in [9.17, 15) is 9.59 Å². The van der Waals surface area contributed by atoms with Gasteiger partial charge in [-0.05, 0) is 127 Å². The van der Waals surface area contributed by atoms with Gasteiger partial charge in [0.25, 0.3) is 5.91 Å². The second-order valence-electron chi connectivity index (χ2n) is 13.2. The van der Waals surface area contributed by atoms with E-state index < -0.39 is 5.97 Å². The molecule has 0 saturated heterocycles. The summed E-state index contributed by atoms with van der Waals surface area (Å²) >= 11 is 0. The average Bonchev–Trinajstić information content (AvgIpc) is 3.84. The van der Waals surface area contributed by atoms with Crippen LogP contribution in [-0.2, 0) is 48.0 Å². The molecule has 14 nitrogen and oxygen atoms in total. The van der Waals surface area contributed by atoms with Gasteiger partial charge in [0.1, 0.15) is 0 Å². The van der Waals surface area contributed by atoms with Gasteiger partial charge in [0.2, 0.25) is 12.3 Å². The molecule has 1 aromatic heterocycles. The summed E-state index contributed by atoms with van der Waals surface area (Å²) in [4.78, 5) is 71.2. The second kappa shape index (κ2) is 28.8. The van der Waals surface area contributed by atoms with Crippen LogP contribution >= 0.6 is 0 Å². The van der Waals surface area contributed by atoms with Crippen LogP contribution in [0.4, 0.5) is 0 Å². The van der Waals surface area contributed by atoms with Gasteiger partial charge in [-0.1, -0.05) is 109 Å². The molecule has 1 amide bonds. The van der Waals surface area contributed by atoms with Gasteiger partial charge in [-0.2, -0.15) is 28.8 Å². The number of hydrazine groups is 1. The van der Waals surface area contributed by atoms with E-state index in [0.29, 0.717) is 17.0 Å². The Morgan fingerprint density at radius 3 is 1.29 bits per heavy atom. The Labute approximate surface area is 363 Å². The number of nitrogens with zero attached hydrogens (tertiary/aromatic N) is 2. The summed E-state index contributed by atoms with van der Waals surface area (Å²) in [5.74, 6) is 4.57. The van der Waals surface area contributed by atoms with Crippen LogP contribution in [0, 0.1) is 20.8 Å². The lowest BCUT2D eigenvalue weighted by Gasteiger charge is -2.08. The fourth-order valence-corrected chi connectivity index (χ4v) is 5.82. The largest absolute Gasteiger partial charge is 0.478 e. The van der Waals surface area contributed by atoms with Crippen LogP contribution in [0.5, 0.6) is 0 Å². The minimum absolute atomic E-state index is 0.250. The van der Waals surface area contributed by atoms with Gasteiger partial charge in [0.15, 0.2) is 0 Å². The molecule has 7 rings (SSSR count). The quantitative estimate of drug-likeness (QED) is 0.0733. The van der Waals surface area contributed by atoms with E-state index in [0.717, 1.165) is 41.5 Å². The van der Waals surface area contributed by atoms with Crippen molar-refractivity contribution in [2.45, 2.75) is 40.0 Å². The van der Waals surface area contributed by atoms with Crippen LogP contribution < -0.4 is 11.3 Å². The Hall–Kier alpha value is -8.50. The van der Waals surface area contributed by atoms with Crippen molar-refractivity contribution in [3.63, 3.8) is 0 Å². The number of nitrogen functional groups attached to an aromatic ring is 1. The van der Waals surface area contributed by atoms with Crippen molar-refractivity contribution >= 4 is 30.3 Å². The van der Waals surface area contributed by atoms with E-state index >= 15 is 0 Å². The Kier molecular flexibility index (Phi) is 23.2. The molecule has 320 valence electrons. The monoisotopic (exact) mass is 848 g/mol. The maximum absolute atomic E-state index is 11.5. The molecule has 0 spiro atoms. The highest BCUT2D eigenvalue weighted by Crippen LogP contribution is 2.23. The molecule has 63 heavy (non-hydrogen) atoms. The number of aryl methyl sites for hydroxylation is 3. The number of carboxylic acids is 1. The van der Waals surface area contributed by atoms with Crippen LogP contribution in [0.1, 0.15) is 70.8 Å². The van der Waals surface area contributed by atoms with Gasteiger partial charge < -0.3 is 9.52 Å². The molecular weight excluding hydrogens is 805 g/mol. The minimum Gasteiger partial charge on any atom is -0.478 e. The third-order valence-electron chi connectivity index (χ3n) is 9.01. The van der Waals surface area contributed by atoms with Gasteiger partial charge in [-0.3, -0.25) is 10.2 Å². The summed E-state index contributed by atoms with van der Waals surface area (Å²) in [7, 11) is 0. The van der Waals surface area contributed by atoms with Crippen molar-refractivity contribution < 1.29 is 47.9 Å². The number of aromatic nitrogens is 2. The molecule has 1 heterocycles. The van der Waals surface area contributed by atoms with Gasteiger partial charge in [-0.25, -0.2) is 10.6 Å². The number of aromatic carboxylic acids is 1. The first-order valence-corrected chi connectivity index (χ1v) is 18.8. The molecular formula is C49H44N4O10. The van der Waals surface area contributed by atoms with Crippen molar-refractivity contribution in [2.75, 3.05) is 0 Å². The van der Waals surface area contributed by atoms with Crippen molar-refractivity contribution in [3.8, 4) is 11.5 Å². The van der Waals surface area contributed by atoms with E-state index in [1.165, 1.54) is 39.8 Å². The van der Waals surface area contributed by atoms with Crippen molar-refractivity contribution in [1.82, 2.24) is 15.6 Å². The maximum Gasteiger partial charge on any atom is 0.373 e. The van der Waals surface area contributed by atoms with Crippen molar-refractivity contribution in [2.24, 2.45) is 5.84 Å². The van der Waals surface area contributed by atoms with Gasteiger partial charge >= 0.3 is 24.4 Å². The smallest absolute Gasteiger partial charge is 0.373 e. The normalized spacial score (nSPS) is 9.21. The van der Waals surface area contributed by atoms with Crippen LogP contribution in [-0.4, -0.2) is 45.6 Å². The lowest BCUT2D eigenvalue weighted by molar-refractivity contribution is -0.193. The number of nitrogens with one attached hydrogen (secondary N) is 1. The molecule has 0 aliphatic heterocycles. The molecule has 7 aromatic rings. The fourth-order valence-electron chi connectivity index (χ4n) is 5.82. The van der Waals surface area contributed by atoms with E-state index in [1.54, 1.807) is 18.2 Å². The molecule has 0 radical (unpaired) electrons. The number of carboxylic acid groups (broad SMARTS) is 1. The Balaban J connectivity index is 0.000000297. The summed E-state index contributed by atoms with van der Waals surface area (Å²) in [5.41, 5.74) is 14.8. The molecule has 0 aliphatic rings. The van der Waals surface area contributed by atoms with Crippen LogP contribution in [0.2, 0.25) is 0 Å². The predicted molar refractivity (Wildman–Crippen MR) is 228 cm³/mol. The molecule has 0 unspecified atom stereocenters. The SMILES string of the molecule is Cc1ccc(-c2nnco2)cc1Cc1ccccc1.Cc1ccc(C(=O)NN)cc1Cc1ccccc1.Cc1ccc(C(=O)O)cc1Cc1ccccc1.O=C=O.O=C=O.O=C=O. The lowest BCUT2D eigenvalue weighted by atomic mass is 9.98. The number of nitrogens with two attached hydrogens (primary N) is 1. The number of benzene rings is 6. The molecule has 0 bridgehead atoms. The number of carbonyl (C=O) groups excluding carboxylic acids is 7. The van der Waals surface area contributed by atoms with Crippen LogP contribution in [0.25, 0.3) is 11.5 Å². The lowest BCUT2D eigenvalue weighted by Crippen LogP contribution is -2.30. The van der Waals surface area contributed by atoms with E-state index in [2.05, 4.69) is 71.1 Å². The number of rotatable bonds is 9. The average molecular weight is 849 g/mol. The number of amides is 1. The molecule has 14 heteroatoms. The Morgan fingerprint density at radius 1 is 0.556 bits per heavy atom. The summed E-state index contributed by atoms with van der Waals surface area (Å²) in [6.07, 6.45) is 4.60. The second-order valence-corrected chi connectivity index (χ2v) is 13.2. The van der Waals surface area contributed by atoms with E-state index in [4.69, 9.17) is 44.1 Å². The Bertz CT molecular complexity index is 2540. The van der Waals surface area contributed by atoms with Crippen molar-refractivity contribution in [3.05, 3.63) is 213 Å². The molecule has 0 aliphatic carbocycles. The fraction of sp³-hybridized carbons (Fsp3) is 0.122. The number of hydrogen-bond donors (Lipinski definition) is 3.